The number of aryl methyl sites for hydroxylation is 4. The molecular formula is C36H41FN6O3S2. The molecule has 9 nitrogen and oxygen atoms in total. The summed E-state index contributed by atoms with van der Waals surface area (Å²) in [6.07, 6.45) is 8.91. The van der Waals surface area contributed by atoms with E-state index in [1.807, 2.05) is 36.1 Å². The van der Waals surface area contributed by atoms with Gasteiger partial charge < -0.3 is 19.4 Å². The summed E-state index contributed by atoms with van der Waals surface area (Å²) in [6, 6.07) is 9.90. The minimum Gasteiger partial charge on any atom is -0.491 e. The van der Waals surface area contributed by atoms with Crippen molar-refractivity contribution in [3.63, 3.8) is 0 Å². The molecule has 0 saturated carbocycles. The van der Waals surface area contributed by atoms with Crippen molar-refractivity contribution in [2.75, 3.05) is 37.9 Å². The molecule has 0 amide bonds. The first-order valence-electron chi connectivity index (χ1n) is 16.6. The molecule has 252 valence electrons. The van der Waals surface area contributed by atoms with Crippen LogP contribution in [-0.2, 0) is 43.2 Å². The van der Waals surface area contributed by atoms with Crippen molar-refractivity contribution < 1.29 is 18.7 Å². The molecule has 7 rings (SSSR count). The van der Waals surface area contributed by atoms with Gasteiger partial charge in [0, 0.05) is 77.9 Å². The molecule has 0 aliphatic carbocycles. The van der Waals surface area contributed by atoms with E-state index in [2.05, 4.69) is 23.5 Å². The van der Waals surface area contributed by atoms with Crippen molar-refractivity contribution in [3.05, 3.63) is 75.6 Å². The lowest BCUT2D eigenvalue weighted by Crippen LogP contribution is -2.14. The predicted molar refractivity (Wildman–Crippen MR) is 193 cm³/mol. The quantitative estimate of drug-likeness (QED) is 0.211. The number of carbonyl (C=O) groups is 1. The number of aromatic nitrogens is 3. The summed E-state index contributed by atoms with van der Waals surface area (Å²) in [5.41, 5.74) is 7.96. The van der Waals surface area contributed by atoms with E-state index >= 15 is 4.39 Å². The molecule has 5 heterocycles. The number of benzene rings is 2. The van der Waals surface area contributed by atoms with Crippen molar-refractivity contribution in [2.24, 2.45) is 19.2 Å². The lowest BCUT2D eigenvalue weighted by Gasteiger charge is -2.22. The molecule has 2 aromatic heterocycles. The van der Waals surface area contributed by atoms with Crippen LogP contribution in [-0.4, -0.2) is 64.1 Å². The highest BCUT2D eigenvalue weighted by Crippen LogP contribution is 2.39. The van der Waals surface area contributed by atoms with Crippen LogP contribution in [0.5, 0.6) is 5.75 Å². The number of ether oxygens (including phenoxy) is 2. The highest BCUT2D eigenvalue weighted by Gasteiger charge is 2.26. The number of methoxy groups -OCH3 is 1. The summed E-state index contributed by atoms with van der Waals surface area (Å²) in [5.74, 6) is 2.43. The van der Waals surface area contributed by atoms with Crippen molar-refractivity contribution in [1.82, 2.24) is 19.4 Å². The van der Waals surface area contributed by atoms with Crippen molar-refractivity contribution in [3.8, 4) is 5.75 Å². The molecule has 0 atom stereocenters. The van der Waals surface area contributed by atoms with Gasteiger partial charge in [-0.2, -0.15) is 10.2 Å². The normalized spacial score (nSPS) is 19.0. The first-order valence-corrected chi connectivity index (χ1v) is 18.7. The average molecular weight is 689 g/mol. The van der Waals surface area contributed by atoms with E-state index in [-0.39, 0.29) is 5.82 Å². The summed E-state index contributed by atoms with van der Waals surface area (Å²) in [4.78, 5) is 14.3. The van der Waals surface area contributed by atoms with Crippen LogP contribution in [0.15, 0.2) is 46.0 Å². The maximum atomic E-state index is 15.6. The number of anilines is 1. The predicted octanol–water partition coefficient (Wildman–Crippen LogP) is 7.17. The van der Waals surface area contributed by atoms with Crippen LogP contribution < -0.4 is 10.1 Å². The topological polar surface area (TPSA) is 85.9 Å². The van der Waals surface area contributed by atoms with E-state index in [0.717, 1.165) is 89.8 Å². The first-order chi connectivity index (χ1) is 23.4. The van der Waals surface area contributed by atoms with Crippen molar-refractivity contribution >= 4 is 58.4 Å². The number of hydrazone groups is 1. The van der Waals surface area contributed by atoms with Gasteiger partial charge in [-0.15, -0.1) is 23.5 Å². The minimum absolute atomic E-state index is 0.334. The van der Waals surface area contributed by atoms with Gasteiger partial charge in [-0.05, 0) is 86.1 Å². The Labute approximate surface area is 288 Å². The number of nitrogens with one attached hydrogen (secondary N) is 1. The summed E-state index contributed by atoms with van der Waals surface area (Å²) >= 11 is 3.56. The molecule has 12 heteroatoms. The molecule has 4 aromatic rings. The summed E-state index contributed by atoms with van der Waals surface area (Å²) in [5, 5.41) is 15.9. The van der Waals surface area contributed by atoms with Crippen LogP contribution in [0.25, 0.3) is 17.0 Å². The fourth-order valence-electron chi connectivity index (χ4n) is 6.95. The number of thioether (sulfide) groups is 2. The van der Waals surface area contributed by atoms with E-state index in [0.29, 0.717) is 36.2 Å². The van der Waals surface area contributed by atoms with Gasteiger partial charge in [0.05, 0.1) is 30.6 Å². The Morgan fingerprint density at radius 1 is 1.08 bits per heavy atom. The monoisotopic (exact) mass is 688 g/mol. The third-order valence-corrected chi connectivity index (χ3v) is 11.2. The van der Waals surface area contributed by atoms with Gasteiger partial charge in [-0.3, -0.25) is 9.69 Å². The molecule has 48 heavy (non-hydrogen) atoms. The fourth-order valence-corrected chi connectivity index (χ4v) is 8.59. The number of hydrogen-bond acceptors (Lipinski definition) is 9. The number of fused-ring (bicyclic) bond motifs is 7. The minimum atomic E-state index is -0.436. The largest absolute Gasteiger partial charge is 0.491 e. The Hall–Kier alpha value is -3.90. The Morgan fingerprint density at radius 2 is 1.98 bits per heavy atom. The van der Waals surface area contributed by atoms with Gasteiger partial charge in [0.15, 0.2) is 0 Å². The van der Waals surface area contributed by atoms with Crippen LogP contribution in [0, 0.1) is 5.82 Å². The highest BCUT2D eigenvalue weighted by atomic mass is 32.2. The van der Waals surface area contributed by atoms with Gasteiger partial charge >= 0.3 is 5.97 Å². The molecule has 0 spiro atoms. The number of carbonyl (C=O) groups excluding carboxylic acids is 1. The smallest absolute Gasteiger partial charge is 0.354 e. The highest BCUT2D eigenvalue weighted by molar-refractivity contribution is 7.99. The first kappa shape index (κ1) is 32.6. The molecule has 1 fully saturated rings. The van der Waals surface area contributed by atoms with Gasteiger partial charge in [-0.1, -0.05) is 0 Å². The zero-order valence-electron chi connectivity index (χ0n) is 27.7. The van der Waals surface area contributed by atoms with E-state index in [4.69, 9.17) is 19.7 Å². The second-order valence-corrected chi connectivity index (χ2v) is 14.5. The van der Waals surface area contributed by atoms with Crippen molar-refractivity contribution in [1.29, 1.82) is 0 Å². The molecule has 1 saturated heterocycles. The summed E-state index contributed by atoms with van der Waals surface area (Å²) in [6.45, 7) is 2.16. The van der Waals surface area contributed by atoms with Crippen LogP contribution in [0.3, 0.4) is 0 Å². The summed E-state index contributed by atoms with van der Waals surface area (Å²) in [7, 11) is 5.21. The number of allylic oxidation sites excluding steroid dienone is 1. The average Bonchev–Trinajstić information content (AvgIpc) is 3.77. The molecule has 0 radical (unpaired) electrons. The van der Waals surface area contributed by atoms with E-state index in [9.17, 15) is 4.79 Å². The Bertz CT molecular complexity index is 1920. The molecule has 0 unspecified atom stereocenters. The standard InChI is InChI=1S/C36H41FN6O3S2/c1-41-34-29-10-11-31(37)30(34)19-25-8-5-14-43(25)39-13-16-47-21-24-18-26(42(2)40-24)22-48-27-17-23-7-4-12-38-33(23)32(20-27)46-15-6-9-28(29)35(41)36(44)45-3/h10-11,13,17-20,38H,4-9,12,14-16,21-22H2,1-3H3/b25-19+,39-13+. The molecule has 2 aromatic carbocycles. The SMILES string of the molecule is COC(=O)c1c2c3ccc(F)c(c3n1C)/C=C1\CCCN1/N=C/CSCc1cc(n(C)n1)CSc1cc3c(c(c1)OCCC2)NCCC3. The van der Waals surface area contributed by atoms with Crippen LogP contribution >= 0.6 is 23.5 Å². The van der Waals surface area contributed by atoms with Crippen LogP contribution in [0.4, 0.5) is 10.1 Å². The maximum absolute atomic E-state index is 15.6. The Balaban J connectivity index is 1.26. The molecule has 3 aliphatic heterocycles. The number of nitrogens with zero attached hydrogens (tertiary/aromatic N) is 5. The molecular weight excluding hydrogens is 648 g/mol. The summed E-state index contributed by atoms with van der Waals surface area (Å²) < 4.78 is 31.1. The lowest BCUT2D eigenvalue weighted by atomic mass is 10.0. The zero-order chi connectivity index (χ0) is 33.2. The van der Waals surface area contributed by atoms with Gasteiger partial charge in [0.1, 0.15) is 17.3 Å². The number of esters is 1. The zero-order valence-corrected chi connectivity index (χ0v) is 29.3. The molecule has 3 aliphatic rings. The maximum Gasteiger partial charge on any atom is 0.354 e. The van der Waals surface area contributed by atoms with Gasteiger partial charge in [0.2, 0.25) is 0 Å². The Kier molecular flexibility index (Phi) is 9.72. The lowest BCUT2D eigenvalue weighted by molar-refractivity contribution is 0.0589. The third-order valence-electron chi connectivity index (χ3n) is 9.26. The number of hydrogen-bond donors (Lipinski definition) is 1. The second-order valence-electron chi connectivity index (χ2n) is 12.4. The van der Waals surface area contributed by atoms with E-state index < -0.39 is 5.97 Å². The third kappa shape index (κ3) is 6.56. The van der Waals surface area contributed by atoms with E-state index in [1.165, 1.54) is 29.3 Å². The van der Waals surface area contributed by atoms with Gasteiger partial charge in [0.25, 0.3) is 0 Å². The van der Waals surface area contributed by atoms with Crippen LogP contribution in [0.2, 0.25) is 0 Å². The molecule has 1 N–H and O–H groups in total. The van der Waals surface area contributed by atoms with E-state index in [1.54, 1.807) is 34.2 Å². The number of halogens is 1. The van der Waals surface area contributed by atoms with Crippen LogP contribution in [0.1, 0.15) is 64.2 Å². The Morgan fingerprint density at radius 3 is 2.85 bits per heavy atom. The molecule has 8 bridgehead atoms. The van der Waals surface area contributed by atoms with Crippen molar-refractivity contribution in [2.45, 2.75) is 54.9 Å². The number of rotatable bonds is 1. The second kappa shape index (κ2) is 14.3. The fraction of sp³-hybridized carbons (Fsp3) is 0.417. The van der Waals surface area contributed by atoms with Gasteiger partial charge in [-0.25, -0.2) is 9.18 Å².